The summed E-state index contributed by atoms with van der Waals surface area (Å²) in [5.41, 5.74) is 3.44. The van der Waals surface area contributed by atoms with Gasteiger partial charge in [-0.3, -0.25) is 4.79 Å². The number of carbonyl (C=O) groups excluding carboxylic acids is 2. The molecule has 0 aliphatic heterocycles. The van der Waals surface area contributed by atoms with Crippen LogP contribution < -0.4 is 10.1 Å². The molecular formula is C22H27NO5. The highest BCUT2D eigenvalue weighted by molar-refractivity contribution is 6.04. The van der Waals surface area contributed by atoms with Crippen molar-refractivity contribution in [2.75, 3.05) is 25.1 Å². The van der Waals surface area contributed by atoms with Gasteiger partial charge in [0.2, 0.25) is 0 Å². The van der Waals surface area contributed by atoms with Gasteiger partial charge in [0, 0.05) is 17.9 Å². The molecule has 1 atom stereocenters. The summed E-state index contributed by atoms with van der Waals surface area (Å²) in [6.45, 7) is 8.59. The number of carbonyl (C=O) groups is 2. The molecule has 0 aromatic heterocycles. The van der Waals surface area contributed by atoms with Gasteiger partial charge in [-0.15, -0.1) is 0 Å². The first-order valence-corrected chi connectivity index (χ1v) is 9.31. The second kappa shape index (κ2) is 10.5. The summed E-state index contributed by atoms with van der Waals surface area (Å²) < 4.78 is 15.8. The van der Waals surface area contributed by atoms with E-state index in [-0.39, 0.29) is 12.5 Å². The van der Waals surface area contributed by atoms with Crippen LogP contribution in [-0.2, 0) is 14.3 Å². The lowest BCUT2D eigenvalue weighted by molar-refractivity contribution is -0.152. The third-order valence-electron chi connectivity index (χ3n) is 4.29. The zero-order chi connectivity index (χ0) is 20.5. The summed E-state index contributed by atoms with van der Waals surface area (Å²) in [5.74, 6) is -0.183. The molecule has 0 heterocycles. The third-order valence-corrected chi connectivity index (χ3v) is 4.29. The Morgan fingerprint density at radius 3 is 2.43 bits per heavy atom. The maximum absolute atomic E-state index is 12.5. The Bertz CT molecular complexity index is 801. The molecule has 1 amide bonds. The predicted octanol–water partition coefficient (Wildman–Crippen LogP) is 3.90. The van der Waals surface area contributed by atoms with Crippen molar-refractivity contribution in [2.45, 2.75) is 33.8 Å². The Labute approximate surface area is 165 Å². The summed E-state index contributed by atoms with van der Waals surface area (Å²) in [6.07, 6.45) is -0.753. The van der Waals surface area contributed by atoms with Gasteiger partial charge in [0.25, 0.3) is 5.91 Å². The fraction of sp³-hybridized carbons (Fsp3) is 0.364. The molecule has 150 valence electrons. The summed E-state index contributed by atoms with van der Waals surface area (Å²) in [5, 5.41) is 2.91. The van der Waals surface area contributed by atoms with E-state index in [1.54, 1.807) is 31.2 Å². The van der Waals surface area contributed by atoms with Crippen molar-refractivity contribution < 1.29 is 23.8 Å². The van der Waals surface area contributed by atoms with E-state index in [2.05, 4.69) is 5.32 Å². The van der Waals surface area contributed by atoms with Crippen LogP contribution >= 0.6 is 0 Å². The van der Waals surface area contributed by atoms with E-state index in [0.717, 1.165) is 16.8 Å². The molecule has 0 saturated carbocycles. The molecule has 1 unspecified atom stereocenters. The Kier molecular flexibility index (Phi) is 8.02. The summed E-state index contributed by atoms with van der Waals surface area (Å²) in [7, 11) is 0. The van der Waals surface area contributed by atoms with Gasteiger partial charge < -0.3 is 19.5 Å². The molecule has 0 aliphatic rings. The smallest absolute Gasteiger partial charge is 0.347 e. The van der Waals surface area contributed by atoms with Crippen molar-refractivity contribution in [2.24, 2.45) is 0 Å². The number of rotatable bonds is 9. The number of esters is 1. The van der Waals surface area contributed by atoms with Crippen molar-refractivity contribution in [3.8, 4) is 5.75 Å². The van der Waals surface area contributed by atoms with Crippen molar-refractivity contribution >= 4 is 17.6 Å². The monoisotopic (exact) mass is 385 g/mol. The lowest BCUT2D eigenvalue weighted by Gasteiger charge is -2.14. The fourth-order valence-corrected chi connectivity index (χ4v) is 2.48. The third kappa shape index (κ3) is 6.09. The van der Waals surface area contributed by atoms with Gasteiger partial charge in [0.1, 0.15) is 12.4 Å². The molecular weight excluding hydrogens is 358 g/mol. The highest BCUT2D eigenvalue weighted by Gasteiger charge is 2.16. The number of ether oxygens (including phenoxy) is 3. The minimum absolute atomic E-state index is 0.192. The first-order valence-electron chi connectivity index (χ1n) is 9.31. The van der Waals surface area contributed by atoms with Crippen molar-refractivity contribution in [3.63, 3.8) is 0 Å². The topological polar surface area (TPSA) is 73.9 Å². The molecule has 6 heteroatoms. The molecule has 2 rings (SSSR count). The first-order chi connectivity index (χ1) is 13.4. The van der Waals surface area contributed by atoms with Gasteiger partial charge >= 0.3 is 5.97 Å². The summed E-state index contributed by atoms with van der Waals surface area (Å²) in [4.78, 5) is 24.3. The Morgan fingerprint density at radius 1 is 1.04 bits per heavy atom. The molecule has 0 radical (unpaired) electrons. The molecule has 0 bridgehead atoms. The first kappa shape index (κ1) is 21.4. The molecule has 0 spiro atoms. The standard InChI is InChI=1S/C22H27NO5/c1-5-26-13-14-27-22(25)17(4)28-19-11-9-18(10-12-19)21(24)23-20-8-6-7-15(2)16(20)3/h6-12,17H,5,13-14H2,1-4H3,(H,23,24). The highest BCUT2D eigenvalue weighted by Crippen LogP contribution is 2.20. The normalized spacial score (nSPS) is 11.6. The van der Waals surface area contributed by atoms with Gasteiger partial charge in [-0.25, -0.2) is 4.79 Å². The Morgan fingerprint density at radius 2 is 1.75 bits per heavy atom. The van der Waals surface area contributed by atoms with Crippen LogP contribution in [0.3, 0.4) is 0 Å². The molecule has 0 aliphatic carbocycles. The number of hydrogen-bond acceptors (Lipinski definition) is 5. The molecule has 6 nitrogen and oxygen atoms in total. The molecule has 0 saturated heterocycles. The summed E-state index contributed by atoms with van der Waals surface area (Å²) in [6, 6.07) is 12.4. The molecule has 28 heavy (non-hydrogen) atoms. The predicted molar refractivity (Wildman–Crippen MR) is 108 cm³/mol. The van der Waals surface area contributed by atoms with E-state index in [1.165, 1.54) is 0 Å². The number of aryl methyl sites for hydroxylation is 1. The van der Waals surface area contributed by atoms with Gasteiger partial charge in [0.05, 0.1) is 6.61 Å². The van der Waals surface area contributed by atoms with Crippen LogP contribution in [0.5, 0.6) is 5.75 Å². The lowest BCUT2D eigenvalue weighted by atomic mass is 10.1. The number of amides is 1. The maximum atomic E-state index is 12.5. The van der Waals surface area contributed by atoms with E-state index in [1.807, 2.05) is 39.0 Å². The van der Waals surface area contributed by atoms with Crippen LogP contribution in [-0.4, -0.2) is 37.8 Å². The van der Waals surface area contributed by atoms with E-state index in [0.29, 0.717) is 24.5 Å². The van der Waals surface area contributed by atoms with Gasteiger partial charge in [-0.05, 0) is 69.2 Å². The van der Waals surface area contributed by atoms with Crippen molar-refractivity contribution in [3.05, 3.63) is 59.2 Å². The van der Waals surface area contributed by atoms with E-state index >= 15 is 0 Å². The minimum atomic E-state index is -0.753. The van der Waals surface area contributed by atoms with Crippen LogP contribution in [0.1, 0.15) is 35.3 Å². The number of anilines is 1. The molecule has 2 aromatic rings. The van der Waals surface area contributed by atoms with Crippen molar-refractivity contribution in [1.29, 1.82) is 0 Å². The second-order valence-corrected chi connectivity index (χ2v) is 6.35. The minimum Gasteiger partial charge on any atom is -0.479 e. The van der Waals surface area contributed by atoms with Crippen LogP contribution in [0.4, 0.5) is 5.69 Å². The fourth-order valence-electron chi connectivity index (χ4n) is 2.48. The van der Waals surface area contributed by atoms with E-state index in [9.17, 15) is 9.59 Å². The zero-order valence-corrected chi connectivity index (χ0v) is 16.8. The molecule has 1 N–H and O–H groups in total. The largest absolute Gasteiger partial charge is 0.479 e. The van der Waals surface area contributed by atoms with Gasteiger partial charge in [0.15, 0.2) is 6.10 Å². The maximum Gasteiger partial charge on any atom is 0.347 e. The SMILES string of the molecule is CCOCCOC(=O)C(C)Oc1ccc(C(=O)Nc2cccc(C)c2C)cc1. The van der Waals surface area contributed by atoms with E-state index in [4.69, 9.17) is 14.2 Å². The zero-order valence-electron chi connectivity index (χ0n) is 16.8. The van der Waals surface area contributed by atoms with Crippen LogP contribution in [0.15, 0.2) is 42.5 Å². The average Bonchev–Trinajstić information content (AvgIpc) is 2.69. The Hall–Kier alpha value is -2.86. The van der Waals surface area contributed by atoms with Crippen LogP contribution in [0, 0.1) is 13.8 Å². The molecule has 0 fully saturated rings. The lowest BCUT2D eigenvalue weighted by Crippen LogP contribution is -2.27. The number of hydrogen-bond donors (Lipinski definition) is 1. The quantitative estimate of drug-likeness (QED) is 0.523. The van der Waals surface area contributed by atoms with Gasteiger partial charge in [-0.1, -0.05) is 12.1 Å². The number of nitrogens with one attached hydrogen (secondary N) is 1. The average molecular weight is 385 g/mol. The molecule has 2 aromatic carbocycles. The van der Waals surface area contributed by atoms with Gasteiger partial charge in [-0.2, -0.15) is 0 Å². The van der Waals surface area contributed by atoms with Crippen LogP contribution in [0.25, 0.3) is 0 Å². The summed E-state index contributed by atoms with van der Waals surface area (Å²) >= 11 is 0. The van der Waals surface area contributed by atoms with Crippen molar-refractivity contribution in [1.82, 2.24) is 0 Å². The van der Waals surface area contributed by atoms with Crippen LogP contribution in [0.2, 0.25) is 0 Å². The Balaban J connectivity index is 1.91. The second-order valence-electron chi connectivity index (χ2n) is 6.35. The number of benzene rings is 2. The van der Waals surface area contributed by atoms with E-state index < -0.39 is 12.1 Å². The highest BCUT2D eigenvalue weighted by atomic mass is 16.6.